The van der Waals surface area contributed by atoms with E-state index in [-0.39, 0.29) is 13.6 Å². The molecule has 0 aromatic carbocycles. The summed E-state index contributed by atoms with van der Waals surface area (Å²) in [5.41, 5.74) is 0. The summed E-state index contributed by atoms with van der Waals surface area (Å²) in [4.78, 5) is 0. The molecule has 0 aromatic heterocycles. The summed E-state index contributed by atoms with van der Waals surface area (Å²) in [6.07, 6.45) is 2.82. The molecule has 0 bridgehead atoms. The van der Waals surface area contributed by atoms with Gasteiger partial charge in [0.15, 0.2) is 8.38 Å². The molecule has 0 amide bonds. The van der Waals surface area contributed by atoms with Crippen LogP contribution in [0.1, 0.15) is 19.8 Å². The van der Waals surface area contributed by atoms with Crippen molar-refractivity contribution in [3.8, 4) is 0 Å². The van der Waals surface area contributed by atoms with Crippen LogP contribution in [0.4, 0.5) is 0 Å². The topological polar surface area (TPSA) is 58.9 Å². The molecule has 4 nitrogen and oxygen atoms in total. The van der Waals surface area contributed by atoms with E-state index in [1.807, 2.05) is 0 Å². The molecule has 5 heteroatoms. The van der Waals surface area contributed by atoms with Gasteiger partial charge < -0.3 is 19.3 Å². The van der Waals surface area contributed by atoms with Crippen molar-refractivity contribution < 1.29 is 19.3 Å². The smallest absolute Gasteiger partial charge is 0.174 e. The van der Waals surface area contributed by atoms with Crippen LogP contribution < -0.4 is 0 Å². The molecule has 11 heavy (non-hydrogen) atoms. The number of aliphatic hydroxyl groups excluding tert-OH is 2. The van der Waals surface area contributed by atoms with E-state index in [1.54, 1.807) is 0 Å². The van der Waals surface area contributed by atoms with Crippen molar-refractivity contribution in [1.29, 1.82) is 0 Å². The molecule has 0 aliphatic rings. The second kappa shape index (κ2) is 8.37. The molecule has 0 fully saturated rings. The summed E-state index contributed by atoms with van der Waals surface area (Å²) in [5, 5.41) is 16.8. The molecule has 0 rings (SSSR count). The first-order valence-corrected chi connectivity index (χ1v) is 4.96. The fourth-order valence-corrected chi connectivity index (χ4v) is 1.75. The number of aliphatic hydroxyl groups is 2. The molecule has 68 valence electrons. The minimum atomic E-state index is -1.07. The van der Waals surface area contributed by atoms with E-state index in [0.29, 0.717) is 0 Å². The second-order valence-electron chi connectivity index (χ2n) is 1.93. The van der Waals surface area contributed by atoms with E-state index >= 15 is 0 Å². The molecule has 0 aromatic rings. The van der Waals surface area contributed by atoms with Gasteiger partial charge >= 0.3 is 0 Å². The average molecular weight is 182 g/mol. The molecule has 0 spiro atoms. The number of unbranched alkanes of at least 4 members (excludes halogenated alkanes) is 1. The van der Waals surface area contributed by atoms with Gasteiger partial charge in [-0.3, -0.25) is 0 Å². The molecule has 0 unspecified atom stereocenters. The zero-order valence-corrected chi connectivity index (χ0v) is 7.59. The third-order valence-corrected chi connectivity index (χ3v) is 2.59. The van der Waals surface area contributed by atoms with E-state index in [4.69, 9.17) is 19.3 Å². The average Bonchev–Trinajstić information content (AvgIpc) is 2.01. The van der Waals surface area contributed by atoms with Crippen molar-refractivity contribution in [2.75, 3.05) is 19.7 Å². The zero-order chi connectivity index (χ0) is 8.53. The van der Waals surface area contributed by atoms with Crippen molar-refractivity contribution in [3.63, 3.8) is 0 Å². The maximum atomic E-state index is 8.39. The lowest BCUT2D eigenvalue weighted by Crippen LogP contribution is -1.97. The molecule has 0 radical (unpaired) electrons. The number of hydrogen-bond acceptors (Lipinski definition) is 4. The van der Waals surface area contributed by atoms with Crippen LogP contribution in [0.5, 0.6) is 0 Å². The van der Waals surface area contributed by atoms with E-state index in [2.05, 4.69) is 6.92 Å². The minimum Gasteiger partial charge on any atom is -0.370 e. The lowest BCUT2D eigenvalue weighted by molar-refractivity contribution is 0.0573. The highest BCUT2D eigenvalue weighted by atomic mass is 31.2. The van der Waals surface area contributed by atoms with Gasteiger partial charge in [0.05, 0.1) is 0 Å². The fourth-order valence-electron chi connectivity index (χ4n) is 0.582. The molecule has 0 aliphatic carbocycles. The summed E-state index contributed by atoms with van der Waals surface area (Å²) in [6.45, 7) is 1.39. The van der Waals surface area contributed by atoms with E-state index in [0.717, 1.165) is 19.0 Å². The van der Waals surface area contributed by atoms with Crippen LogP contribution in [0.15, 0.2) is 0 Å². The third-order valence-electron chi connectivity index (χ3n) is 1.10. The van der Waals surface area contributed by atoms with Crippen molar-refractivity contribution in [3.05, 3.63) is 0 Å². The second-order valence-corrected chi connectivity index (χ2v) is 3.56. The highest BCUT2D eigenvalue weighted by Gasteiger charge is 2.07. The standard InChI is InChI=1S/C6H15O4P/c1-2-3-4-11(9-5-7)10-6-8/h7-8H,2-6H2,1H3. The SMILES string of the molecule is CCCCP(OCO)OCO. The normalized spacial score (nSPS) is 10.9. The summed E-state index contributed by atoms with van der Waals surface area (Å²) in [7, 11) is -1.07. The first-order chi connectivity index (χ1) is 5.35. The van der Waals surface area contributed by atoms with E-state index in [9.17, 15) is 0 Å². The quantitative estimate of drug-likeness (QED) is 0.456. The van der Waals surface area contributed by atoms with Crippen LogP contribution in [0, 0.1) is 0 Å². The zero-order valence-electron chi connectivity index (χ0n) is 6.69. The minimum absolute atomic E-state index is 0.338. The summed E-state index contributed by atoms with van der Waals surface area (Å²) in [5.74, 6) is 0. The Labute approximate surface area is 68.1 Å². The van der Waals surface area contributed by atoms with Gasteiger partial charge in [-0.15, -0.1) is 0 Å². The summed E-state index contributed by atoms with van der Waals surface area (Å²) < 4.78 is 9.65. The van der Waals surface area contributed by atoms with Crippen LogP contribution in [-0.2, 0) is 9.05 Å². The van der Waals surface area contributed by atoms with Gasteiger partial charge in [-0.2, -0.15) is 0 Å². The van der Waals surface area contributed by atoms with E-state index < -0.39 is 8.38 Å². The molecule has 2 N–H and O–H groups in total. The molecule has 0 saturated heterocycles. The Balaban J connectivity index is 3.34. The van der Waals surface area contributed by atoms with Crippen LogP contribution in [0.3, 0.4) is 0 Å². The van der Waals surface area contributed by atoms with Crippen molar-refractivity contribution >= 4 is 8.38 Å². The van der Waals surface area contributed by atoms with Gasteiger partial charge in [0.25, 0.3) is 0 Å². The van der Waals surface area contributed by atoms with Gasteiger partial charge in [0, 0.05) is 6.16 Å². The Morgan fingerprint density at radius 3 is 2.09 bits per heavy atom. The Morgan fingerprint density at radius 2 is 1.73 bits per heavy atom. The fraction of sp³-hybridized carbons (Fsp3) is 1.00. The molecule has 0 heterocycles. The highest BCUT2D eigenvalue weighted by Crippen LogP contribution is 2.38. The number of rotatable bonds is 7. The first kappa shape index (κ1) is 11.3. The van der Waals surface area contributed by atoms with Gasteiger partial charge in [-0.25, -0.2) is 0 Å². The van der Waals surface area contributed by atoms with Gasteiger partial charge in [-0.1, -0.05) is 13.3 Å². The van der Waals surface area contributed by atoms with E-state index in [1.165, 1.54) is 0 Å². The molecule has 0 atom stereocenters. The molecular formula is C6H15O4P. The monoisotopic (exact) mass is 182 g/mol. The van der Waals surface area contributed by atoms with Crippen LogP contribution in [0.2, 0.25) is 0 Å². The van der Waals surface area contributed by atoms with Gasteiger partial charge in [0.2, 0.25) is 0 Å². The molecule has 0 aliphatic heterocycles. The lowest BCUT2D eigenvalue weighted by atomic mass is 10.4. The predicted octanol–water partition coefficient (Wildman–Crippen LogP) is 1.03. The summed E-state index contributed by atoms with van der Waals surface area (Å²) in [6, 6.07) is 0. The molecular weight excluding hydrogens is 167 g/mol. The Bertz CT molecular complexity index is 75.0. The largest absolute Gasteiger partial charge is 0.370 e. The van der Waals surface area contributed by atoms with Gasteiger partial charge in [-0.05, 0) is 6.42 Å². The van der Waals surface area contributed by atoms with Crippen molar-refractivity contribution in [2.24, 2.45) is 0 Å². The first-order valence-electron chi connectivity index (χ1n) is 3.60. The predicted molar refractivity (Wildman–Crippen MR) is 43.0 cm³/mol. The van der Waals surface area contributed by atoms with Crippen LogP contribution >= 0.6 is 8.38 Å². The Morgan fingerprint density at radius 1 is 1.18 bits per heavy atom. The van der Waals surface area contributed by atoms with Crippen molar-refractivity contribution in [1.82, 2.24) is 0 Å². The summed E-state index contributed by atoms with van der Waals surface area (Å²) >= 11 is 0. The van der Waals surface area contributed by atoms with Gasteiger partial charge in [0.1, 0.15) is 13.6 Å². The Kier molecular flexibility index (Phi) is 8.57. The van der Waals surface area contributed by atoms with Crippen molar-refractivity contribution in [2.45, 2.75) is 19.8 Å². The lowest BCUT2D eigenvalue weighted by Gasteiger charge is -2.13. The maximum absolute atomic E-state index is 8.39. The number of hydrogen-bond donors (Lipinski definition) is 2. The Hall–Kier alpha value is 0.270. The highest BCUT2D eigenvalue weighted by molar-refractivity contribution is 7.47. The maximum Gasteiger partial charge on any atom is 0.174 e. The van der Waals surface area contributed by atoms with Crippen LogP contribution in [0.25, 0.3) is 0 Å². The third kappa shape index (κ3) is 6.66. The molecule has 0 saturated carbocycles. The van der Waals surface area contributed by atoms with Crippen LogP contribution in [-0.4, -0.2) is 30.0 Å².